The molecule has 5 heteroatoms. The van der Waals surface area contributed by atoms with Crippen molar-refractivity contribution in [3.05, 3.63) is 48.2 Å². The second kappa shape index (κ2) is 6.66. The minimum atomic E-state index is -0.250. The number of benzene rings is 1. The topological polar surface area (TPSA) is 43.8 Å². The van der Waals surface area contributed by atoms with Gasteiger partial charge in [-0.1, -0.05) is 18.2 Å². The van der Waals surface area contributed by atoms with Crippen molar-refractivity contribution in [1.82, 2.24) is 4.98 Å². The summed E-state index contributed by atoms with van der Waals surface area (Å²) in [7, 11) is 0. The third-order valence-electron chi connectivity index (χ3n) is 4.13. The van der Waals surface area contributed by atoms with Gasteiger partial charge in [-0.15, -0.1) is 0 Å². The summed E-state index contributed by atoms with van der Waals surface area (Å²) in [6, 6.07) is 12.3. The van der Waals surface area contributed by atoms with Crippen LogP contribution >= 0.6 is 0 Å². The van der Waals surface area contributed by atoms with Gasteiger partial charge in [0.15, 0.2) is 6.29 Å². The van der Waals surface area contributed by atoms with Gasteiger partial charge in [-0.2, -0.15) is 0 Å². The third kappa shape index (κ3) is 3.22. The molecule has 0 aliphatic carbocycles. The molecule has 2 saturated heterocycles. The molecule has 4 rings (SSSR count). The van der Waals surface area contributed by atoms with E-state index in [0.717, 1.165) is 48.8 Å². The Labute approximate surface area is 135 Å². The molecule has 0 spiro atoms. The molecular weight excluding hydrogens is 292 g/mol. The average molecular weight is 311 g/mol. The molecule has 0 bridgehead atoms. The van der Waals surface area contributed by atoms with Crippen molar-refractivity contribution in [2.24, 2.45) is 0 Å². The Kier molecular flexibility index (Phi) is 4.24. The van der Waals surface area contributed by atoms with Crippen molar-refractivity contribution >= 4 is 5.82 Å². The number of hydrogen-bond acceptors (Lipinski definition) is 5. The minimum absolute atomic E-state index is 0.250. The minimum Gasteiger partial charge on any atom is -0.378 e. The standard InChI is InChI=1S/C18H19N2O3/c1-2-14(12-16(3-1)18-22-10-11-23-18)15-4-5-19-17(13-15)20-6-8-21-9-7-20/h1-4,12-13,18H,6-11H2. The predicted molar refractivity (Wildman–Crippen MR) is 86.2 cm³/mol. The monoisotopic (exact) mass is 311 g/mol. The molecule has 0 atom stereocenters. The lowest BCUT2D eigenvalue weighted by Gasteiger charge is -2.28. The first-order valence-corrected chi connectivity index (χ1v) is 7.94. The molecule has 1 aromatic heterocycles. The molecule has 2 fully saturated rings. The van der Waals surface area contributed by atoms with Gasteiger partial charge >= 0.3 is 0 Å². The smallest absolute Gasteiger partial charge is 0.184 e. The van der Waals surface area contributed by atoms with Crippen LogP contribution in [0.5, 0.6) is 0 Å². The Bertz CT molecular complexity index is 665. The van der Waals surface area contributed by atoms with E-state index in [1.54, 1.807) is 0 Å². The maximum absolute atomic E-state index is 5.58. The van der Waals surface area contributed by atoms with Crippen LogP contribution in [0.1, 0.15) is 11.9 Å². The molecule has 3 heterocycles. The predicted octanol–water partition coefficient (Wildman–Crippen LogP) is 2.43. The van der Waals surface area contributed by atoms with E-state index in [-0.39, 0.29) is 6.29 Å². The number of hydrogen-bond donors (Lipinski definition) is 0. The molecule has 0 saturated carbocycles. The third-order valence-corrected chi connectivity index (χ3v) is 4.13. The van der Waals surface area contributed by atoms with E-state index in [9.17, 15) is 0 Å². The van der Waals surface area contributed by atoms with Crippen LogP contribution in [-0.4, -0.2) is 44.5 Å². The van der Waals surface area contributed by atoms with Crippen LogP contribution in [0.25, 0.3) is 11.1 Å². The van der Waals surface area contributed by atoms with Crippen LogP contribution in [0.3, 0.4) is 0 Å². The molecule has 2 aromatic rings. The summed E-state index contributed by atoms with van der Waals surface area (Å²) in [5, 5.41) is 0. The zero-order valence-electron chi connectivity index (χ0n) is 12.9. The highest BCUT2D eigenvalue weighted by Gasteiger charge is 2.19. The lowest BCUT2D eigenvalue weighted by molar-refractivity contribution is -0.0440. The summed E-state index contributed by atoms with van der Waals surface area (Å²) < 4.78 is 16.6. The van der Waals surface area contributed by atoms with Gasteiger partial charge in [0.1, 0.15) is 5.82 Å². The first-order valence-electron chi connectivity index (χ1n) is 7.94. The van der Waals surface area contributed by atoms with Crippen LogP contribution in [0.2, 0.25) is 0 Å². The summed E-state index contributed by atoms with van der Waals surface area (Å²) >= 11 is 0. The SMILES string of the molecule is [c]1cc(-c2cccc(C3OCCO3)c2)cc(N2CCOCC2)n1. The van der Waals surface area contributed by atoms with Crippen molar-refractivity contribution in [3.63, 3.8) is 0 Å². The Morgan fingerprint density at radius 2 is 1.83 bits per heavy atom. The van der Waals surface area contributed by atoms with Crippen molar-refractivity contribution in [3.8, 4) is 11.1 Å². The van der Waals surface area contributed by atoms with E-state index in [0.29, 0.717) is 13.2 Å². The van der Waals surface area contributed by atoms with Crippen molar-refractivity contribution in [1.29, 1.82) is 0 Å². The molecule has 1 aromatic carbocycles. The number of ether oxygens (including phenoxy) is 3. The molecule has 2 aliphatic heterocycles. The number of anilines is 1. The maximum atomic E-state index is 5.58. The molecule has 119 valence electrons. The summed E-state index contributed by atoms with van der Waals surface area (Å²) in [5.41, 5.74) is 3.26. The summed E-state index contributed by atoms with van der Waals surface area (Å²) in [4.78, 5) is 6.62. The number of rotatable bonds is 3. The Balaban J connectivity index is 1.61. The highest BCUT2D eigenvalue weighted by Crippen LogP contribution is 2.29. The lowest BCUT2D eigenvalue weighted by atomic mass is 10.0. The summed E-state index contributed by atoms with van der Waals surface area (Å²) in [6.45, 7) is 4.54. The molecule has 23 heavy (non-hydrogen) atoms. The number of morpholine rings is 1. The van der Waals surface area contributed by atoms with E-state index in [1.807, 2.05) is 18.2 Å². The van der Waals surface area contributed by atoms with Gasteiger partial charge in [0.05, 0.1) is 32.6 Å². The Morgan fingerprint density at radius 3 is 2.65 bits per heavy atom. The van der Waals surface area contributed by atoms with Crippen molar-refractivity contribution in [2.75, 3.05) is 44.4 Å². The molecular formula is C18H19N2O3. The van der Waals surface area contributed by atoms with Crippen LogP contribution in [-0.2, 0) is 14.2 Å². The zero-order chi connectivity index (χ0) is 15.5. The second-order valence-corrected chi connectivity index (χ2v) is 5.64. The summed E-state index contributed by atoms with van der Waals surface area (Å²) in [6.07, 6.45) is 2.77. The Morgan fingerprint density at radius 1 is 1.00 bits per heavy atom. The van der Waals surface area contributed by atoms with Gasteiger partial charge in [0.25, 0.3) is 0 Å². The highest BCUT2D eigenvalue weighted by atomic mass is 16.7. The lowest BCUT2D eigenvalue weighted by Crippen LogP contribution is -2.36. The highest BCUT2D eigenvalue weighted by molar-refractivity contribution is 5.67. The number of nitrogens with zero attached hydrogens (tertiary/aromatic N) is 2. The fourth-order valence-corrected chi connectivity index (χ4v) is 2.92. The normalized spacial score (nSPS) is 19.2. The zero-order valence-corrected chi connectivity index (χ0v) is 12.9. The number of aromatic nitrogens is 1. The molecule has 0 amide bonds. The van der Waals surface area contributed by atoms with Gasteiger partial charge in [0, 0.05) is 18.7 Å². The molecule has 2 aliphatic rings. The van der Waals surface area contributed by atoms with Crippen molar-refractivity contribution < 1.29 is 14.2 Å². The molecule has 0 unspecified atom stereocenters. The fraction of sp³-hybridized carbons (Fsp3) is 0.389. The van der Waals surface area contributed by atoms with Crippen LogP contribution < -0.4 is 4.90 Å². The summed E-state index contributed by atoms with van der Waals surface area (Å²) in [5.74, 6) is 0.949. The van der Waals surface area contributed by atoms with Crippen molar-refractivity contribution in [2.45, 2.75) is 6.29 Å². The van der Waals surface area contributed by atoms with E-state index >= 15 is 0 Å². The molecule has 1 radical (unpaired) electrons. The number of pyridine rings is 1. The Hall–Kier alpha value is -1.95. The first kappa shape index (κ1) is 14.6. The first-order chi connectivity index (χ1) is 11.4. The second-order valence-electron chi connectivity index (χ2n) is 5.64. The van der Waals surface area contributed by atoms with Gasteiger partial charge in [-0.05, 0) is 29.3 Å². The maximum Gasteiger partial charge on any atom is 0.184 e. The van der Waals surface area contributed by atoms with Crippen LogP contribution in [0, 0.1) is 6.20 Å². The van der Waals surface area contributed by atoms with E-state index in [1.165, 1.54) is 0 Å². The van der Waals surface area contributed by atoms with Gasteiger partial charge in [-0.3, -0.25) is 0 Å². The van der Waals surface area contributed by atoms with Crippen LogP contribution in [0.15, 0.2) is 36.4 Å². The molecule has 5 nitrogen and oxygen atoms in total. The molecule has 0 N–H and O–H groups in total. The van der Waals surface area contributed by atoms with Gasteiger partial charge in [-0.25, -0.2) is 4.98 Å². The quantitative estimate of drug-likeness (QED) is 0.871. The fourth-order valence-electron chi connectivity index (χ4n) is 2.92. The van der Waals surface area contributed by atoms with E-state index < -0.39 is 0 Å². The largest absolute Gasteiger partial charge is 0.378 e. The average Bonchev–Trinajstić information content (AvgIpc) is 3.18. The van der Waals surface area contributed by atoms with Crippen LogP contribution in [0.4, 0.5) is 5.82 Å². The van der Waals surface area contributed by atoms with E-state index in [4.69, 9.17) is 14.2 Å². The van der Waals surface area contributed by atoms with Gasteiger partial charge < -0.3 is 19.1 Å². The van der Waals surface area contributed by atoms with Gasteiger partial charge in [0.2, 0.25) is 0 Å². The van der Waals surface area contributed by atoms with E-state index in [2.05, 4.69) is 34.3 Å².